The molecule has 1 fully saturated rings. The van der Waals surface area contributed by atoms with Crippen molar-refractivity contribution < 1.29 is 19.0 Å². The topological polar surface area (TPSA) is 63.3 Å². The summed E-state index contributed by atoms with van der Waals surface area (Å²) in [6.45, 7) is 7.05. The van der Waals surface area contributed by atoms with Crippen LogP contribution >= 0.6 is 0 Å². The van der Waals surface area contributed by atoms with Crippen LogP contribution in [-0.4, -0.2) is 63.9 Å². The van der Waals surface area contributed by atoms with Gasteiger partial charge in [0.2, 0.25) is 5.91 Å². The third-order valence-electron chi connectivity index (χ3n) is 5.62. The lowest BCUT2D eigenvalue weighted by molar-refractivity contribution is -0.123. The zero-order valence-corrected chi connectivity index (χ0v) is 17.6. The number of methoxy groups -OCH3 is 1. The third-order valence-corrected chi connectivity index (χ3v) is 5.62. The fourth-order valence-corrected chi connectivity index (χ4v) is 3.86. The van der Waals surface area contributed by atoms with Gasteiger partial charge in [0.1, 0.15) is 19.0 Å². The van der Waals surface area contributed by atoms with Crippen molar-refractivity contribution in [1.82, 2.24) is 10.2 Å². The second kappa shape index (κ2) is 9.26. The lowest BCUT2D eigenvalue weighted by Crippen LogP contribution is -2.49. The molecule has 2 heterocycles. The van der Waals surface area contributed by atoms with Gasteiger partial charge in [-0.25, -0.2) is 0 Å². The number of hydrogen-bond acceptors (Lipinski definition) is 6. The molecule has 1 N–H and O–H groups in total. The van der Waals surface area contributed by atoms with E-state index in [1.54, 1.807) is 7.11 Å². The van der Waals surface area contributed by atoms with Gasteiger partial charge in [-0.2, -0.15) is 0 Å². The predicted molar refractivity (Wildman–Crippen MR) is 116 cm³/mol. The zero-order valence-electron chi connectivity index (χ0n) is 17.6. The largest absolute Gasteiger partial charge is 0.497 e. The van der Waals surface area contributed by atoms with Crippen molar-refractivity contribution in [3.63, 3.8) is 0 Å². The molecule has 0 unspecified atom stereocenters. The molecule has 7 nitrogen and oxygen atoms in total. The molecular weight excluding hydrogens is 382 g/mol. The number of benzene rings is 2. The fourth-order valence-electron chi connectivity index (χ4n) is 3.86. The fraction of sp³-hybridized carbons (Fsp3) is 0.435. The lowest BCUT2D eigenvalue weighted by Gasteiger charge is -2.36. The van der Waals surface area contributed by atoms with Crippen LogP contribution in [0.3, 0.4) is 0 Å². The van der Waals surface area contributed by atoms with Crippen molar-refractivity contribution in [2.45, 2.75) is 13.0 Å². The van der Waals surface area contributed by atoms with Gasteiger partial charge >= 0.3 is 0 Å². The van der Waals surface area contributed by atoms with Crippen molar-refractivity contribution in [1.29, 1.82) is 0 Å². The Morgan fingerprint density at radius 2 is 1.73 bits per heavy atom. The van der Waals surface area contributed by atoms with Crippen LogP contribution < -0.4 is 24.4 Å². The smallest absolute Gasteiger partial charge is 0.234 e. The average Bonchev–Trinajstić information content (AvgIpc) is 2.79. The molecule has 0 radical (unpaired) electrons. The van der Waals surface area contributed by atoms with E-state index in [4.69, 9.17) is 14.2 Å². The summed E-state index contributed by atoms with van der Waals surface area (Å²) in [4.78, 5) is 17.1. The number of amides is 1. The highest BCUT2D eigenvalue weighted by Crippen LogP contribution is 2.32. The Morgan fingerprint density at radius 3 is 2.43 bits per heavy atom. The van der Waals surface area contributed by atoms with Crippen molar-refractivity contribution in [2.24, 2.45) is 0 Å². The number of nitrogens with zero attached hydrogens (tertiary/aromatic N) is 2. The van der Waals surface area contributed by atoms with Gasteiger partial charge in [0, 0.05) is 31.9 Å². The molecule has 4 rings (SSSR count). The molecule has 0 spiro atoms. The van der Waals surface area contributed by atoms with Crippen LogP contribution in [0.1, 0.15) is 18.5 Å². The van der Waals surface area contributed by atoms with Crippen molar-refractivity contribution >= 4 is 11.6 Å². The van der Waals surface area contributed by atoms with Crippen LogP contribution in [0.4, 0.5) is 5.69 Å². The number of carbonyl (C=O) groups is 1. The Hall–Kier alpha value is -2.93. The molecule has 160 valence electrons. The van der Waals surface area contributed by atoms with Crippen LogP contribution in [0.5, 0.6) is 17.2 Å². The van der Waals surface area contributed by atoms with Crippen molar-refractivity contribution in [2.75, 3.05) is 57.9 Å². The maximum Gasteiger partial charge on any atom is 0.234 e. The molecule has 1 amide bonds. The number of piperazine rings is 1. The first-order valence-electron chi connectivity index (χ1n) is 10.4. The monoisotopic (exact) mass is 411 g/mol. The first-order valence-corrected chi connectivity index (χ1v) is 10.4. The lowest BCUT2D eigenvalue weighted by atomic mass is 10.1. The first-order chi connectivity index (χ1) is 14.6. The molecule has 30 heavy (non-hydrogen) atoms. The molecule has 2 aliphatic heterocycles. The van der Waals surface area contributed by atoms with E-state index in [2.05, 4.69) is 27.2 Å². The van der Waals surface area contributed by atoms with E-state index < -0.39 is 0 Å². The molecule has 1 saturated heterocycles. The molecule has 0 aromatic heterocycles. The van der Waals surface area contributed by atoms with Crippen molar-refractivity contribution in [3.05, 3.63) is 48.0 Å². The summed E-state index contributed by atoms with van der Waals surface area (Å²) < 4.78 is 16.4. The number of rotatable bonds is 6. The van der Waals surface area contributed by atoms with Gasteiger partial charge in [0.25, 0.3) is 0 Å². The number of carbonyl (C=O) groups excluding carboxylic acids is 1. The third kappa shape index (κ3) is 4.79. The van der Waals surface area contributed by atoms with Gasteiger partial charge in [-0.1, -0.05) is 6.07 Å². The van der Waals surface area contributed by atoms with Gasteiger partial charge in [-0.3, -0.25) is 9.69 Å². The molecule has 0 saturated carbocycles. The van der Waals surface area contributed by atoms with Crippen LogP contribution in [0.25, 0.3) is 0 Å². The minimum Gasteiger partial charge on any atom is -0.497 e. The minimum atomic E-state index is -0.0890. The maximum absolute atomic E-state index is 12.6. The van der Waals surface area contributed by atoms with E-state index in [9.17, 15) is 4.79 Å². The summed E-state index contributed by atoms with van der Waals surface area (Å²) in [5.41, 5.74) is 2.20. The summed E-state index contributed by atoms with van der Waals surface area (Å²) in [6, 6.07) is 13.9. The Kier molecular flexibility index (Phi) is 6.28. The molecule has 0 aliphatic carbocycles. The normalized spacial score (nSPS) is 17.3. The highest BCUT2D eigenvalue weighted by Gasteiger charge is 2.21. The molecule has 1 atom stereocenters. The summed E-state index contributed by atoms with van der Waals surface area (Å²) in [7, 11) is 1.67. The summed E-state index contributed by atoms with van der Waals surface area (Å²) >= 11 is 0. The summed E-state index contributed by atoms with van der Waals surface area (Å²) in [5.74, 6) is 2.41. The Labute approximate surface area is 177 Å². The van der Waals surface area contributed by atoms with Crippen LogP contribution in [0, 0.1) is 0 Å². The molecule has 2 aromatic carbocycles. The van der Waals surface area contributed by atoms with Crippen molar-refractivity contribution in [3.8, 4) is 17.2 Å². The summed E-state index contributed by atoms with van der Waals surface area (Å²) in [6.07, 6.45) is 0. The number of hydrogen-bond donors (Lipinski definition) is 1. The van der Waals surface area contributed by atoms with Crippen LogP contribution in [0.2, 0.25) is 0 Å². The van der Waals surface area contributed by atoms with Crippen LogP contribution in [-0.2, 0) is 4.79 Å². The predicted octanol–water partition coefficient (Wildman–Crippen LogP) is 2.47. The van der Waals surface area contributed by atoms with Gasteiger partial charge in [0.15, 0.2) is 11.5 Å². The van der Waals surface area contributed by atoms with E-state index in [1.807, 2.05) is 37.3 Å². The van der Waals surface area contributed by atoms with E-state index in [-0.39, 0.29) is 11.9 Å². The number of ether oxygens (including phenoxy) is 3. The highest BCUT2D eigenvalue weighted by molar-refractivity contribution is 5.78. The average molecular weight is 412 g/mol. The van der Waals surface area contributed by atoms with E-state index in [0.29, 0.717) is 19.8 Å². The first kappa shape index (κ1) is 20.3. The zero-order chi connectivity index (χ0) is 20.9. The Balaban J connectivity index is 1.25. The maximum atomic E-state index is 12.6. The molecule has 2 aromatic rings. The van der Waals surface area contributed by atoms with Gasteiger partial charge < -0.3 is 24.4 Å². The Bertz CT molecular complexity index is 863. The van der Waals surface area contributed by atoms with Crippen LogP contribution in [0.15, 0.2) is 42.5 Å². The number of anilines is 1. The van der Waals surface area contributed by atoms with Gasteiger partial charge in [-0.05, 0) is 48.9 Å². The SMILES string of the molecule is COc1ccc(N2CCN(CC(=O)N[C@H](C)c3ccc4c(c3)OCCO4)CC2)cc1. The highest BCUT2D eigenvalue weighted by atomic mass is 16.6. The summed E-state index contributed by atoms with van der Waals surface area (Å²) in [5, 5.41) is 3.10. The van der Waals surface area contributed by atoms with E-state index in [0.717, 1.165) is 49.0 Å². The molecular formula is C23H29N3O4. The standard InChI is InChI=1S/C23H29N3O4/c1-17(18-3-8-21-22(15-18)30-14-13-29-21)24-23(27)16-25-9-11-26(12-10-25)19-4-6-20(28-2)7-5-19/h3-8,15,17H,9-14,16H2,1-2H3,(H,24,27)/t17-/m1/s1. The molecule has 7 heteroatoms. The molecule has 0 bridgehead atoms. The van der Waals surface area contributed by atoms with Gasteiger partial charge in [-0.15, -0.1) is 0 Å². The second-order valence-corrected chi connectivity index (χ2v) is 7.65. The molecule has 2 aliphatic rings. The quantitative estimate of drug-likeness (QED) is 0.788. The van der Waals surface area contributed by atoms with E-state index >= 15 is 0 Å². The second-order valence-electron chi connectivity index (χ2n) is 7.65. The Morgan fingerprint density at radius 1 is 1.03 bits per heavy atom. The van der Waals surface area contributed by atoms with E-state index in [1.165, 1.54) is 5.69 Å². The number of nitrogens with one attached hydrogen (secondary N) is 1. The number of fused-ring (bicyclic) bond motifs is 1. The minimum absolute atomic E-state index is 0.0373. The van der Waals surface area contributed by atoms with Gasteiger partial charge in [0.05, 0.1) is 19.7 Å².